The molecular formula is C29H45N5O5. The van der Waals surface area contributed by atoms with E-state index in [1.165, 1.54) is 0 Å². The highest BCUT2D eigenvalue weighted by atomic mass is 16.4. The van der Waals surface area contributed by atoms with Crippen molar-refractivity contribution in [3.05, 3.63) is 36.0 Å². The average molecular weight is 544 g/mol. The molecule has 0 saturated carbocycles. The number of nitrogens with one attached hydrogen (secondary N) is 4. The maximum absolute atomic E-state index is 13.6. The van der Waals surface area contributed by atoms with E-state index in [4.69, 9.17) is 5.73 Å². The SMILES string of the molecule is CCC(C)C(NC(=O)C(N)CC(C)C)C(=O)NC(Cc1c[nH]c2ccccc12)C(=O)NC(CC(C)C)C(=O)O. The molecule has 1 aromatic heterocycles. The van der Waals surface area contributed by atoms with Crippen LogP contribution in [0.15, 0.2) is 30.5 Å². The molecule has 2 aromatic rings. The monoisotopic (exact) mass is 543 g/mol. The first-order valence-electron chi connectivity index (χ1n) is 13.8. The van der Waals surface area contributed by atoms with E-state index >= 15 is 0 Å². The number of para-hydroxylation sites is 1. The summed E-state index contributed by atoms with van der Waals surface area (Å²) >= 11 is 0. The van der Waals surface area contributed by atoms with Crippen molar-refractivity contribution in [1.82, 2.24) is 20.9 Å². The standard InChI is InChI=1S/C29H45N5O5/c1-7-18(6)25(34-26(35)21(30)12-16(2)3)28(37)32-23(27(36)33-24(29(38)39)13-17(4)5)14-19-15-31-22-11-9-8-10-20(19)22/h8-11,15-18,21,23-25,31H,7,12-14,30H2,1-6H3,(H,32,37)(H,33,36)(H,34,35)(H,38,39). The molecule has 0 radical (unpaired) electrons. The molecule has 3 amide bonds. The second kappa shape index (κ2) is 14.7. The van der Waals surface area contributed by atoms with Crippen LogP contribution in [0.2, 0.25) is 0 Å². The molecule has 0 fully saturated rings. The summed E-state index contributed by atoms with van der Waals surface area (Å²) in [5.41, 5.74) is 7.73. The van der Waals surface area contributed by atoms with E-state index < -0.39 is 47.9 Å². The van der Waals surface area contributed by atoms with Gasteiger partial charge in [0.15, 0.2) is 0 Å². The largest absolute Gasteiger partial charge is 0.480 e. The molecule has 0 aliphatic heterocycles. The number of hydrogen-bond acceptors (Lipinski definition) is 5. The van der Waals surface area contributed by atoms with Gasteiger partial charge in [-0.3, -0.25) is 14.4 Å². The molecule has 2 rings (SSSR count). The molecule has 5 unspecified atom stereocenters. The molecule has 7 N–H and O–H groups in total. The van der Waals surface area contributed by atoms with Gasteiger partial charge in [0.25, 0.3) is 0 Å². The number of aromatic amines is 1. The maximum atomic E-state index is 13.6. The van der Waals surface area contributed by atoms with Crippen molar-refractivity contribution in [2.45, 2.75) is 91.4 Å². The van der Waals surface area contributed by atoms with Crippen LogP contribution in [-0.2, 0) is 25.6 Å². The number of fused-ring (bicyclic) bond motifs is 1. The summed E-state index contributed by atoms with van der Waals surface area (Å²) in [5.74, 6) is -2.68. The number of benzene rings is 1. The number of carbonyl (C=O) groups excluding carboxylic acids is 3. The van der Waals surface area contributed by atoms with Crippen LogP contribution in [-0.4, -0.2) is 57.9 Å². The summed E-state index contributed by atoms with van der Waals surface area (Å²) in [5, 5.41) is 18.8. The fourth-order valence-corrected chi connectivity index (χ4v) is 4.53. The molecule has 10 heteroatoms. The van der Waals surface area contributed by atoms with Gasteiger partial charge in [-0.1, -0.05) is 66.2 Å². The first-order valence-corrected chi connectivity index (χ1v) is 13.8. The molecule has 0 bridgehead atoms. The van der Waals surface area contributed by atoms with Crippen molar-refractivity contribution < 1.29 is 24.3 Å². The van der Waals surface area contributed by atoms with E-state index in [9.17, 15) is 24.3 Å². The average Bonchev–Trinajstić information content (AvgIpc) is 3.27. The topological polar surface area (TPSA) is 166 Å². The van der Waals surface area contributed by atoms with Gasteiger partial charge in [-0.15, -0.1) is 0 Å². The Morgan fingerprint density at radius 3 is 2.08 bits per heavy atom. The number of rotatable bonds is 15. The Morgan fingerprint density at radius 2 is 1.49 bits per heavy atom. The normalized spacial score (nSPS) is 15.4. The van der Waals surface area contributed by atoms with Crippen LogP contribution in [0.25, 0.3) is 10.9 Å². The van der Waals surface area contributed by atoms with Crippen LogP contribution in [0.3, 0.4) is 0 Å². The van der Waals surface area contributed by atoms with Gasteiger partial charge in [-0.2, -0.15) is 0 Å². The molecule has 0 spiro atoms. The van der Waals surface area contributed by atoms with E-state index in [-0.39, 0.29) is 30.6 Å². The van der Waals surface area contributed by atoms with Gasteiger partial charge in [-0.05, 0) is 42.2 Å². The van der Waals surface area contributed by atoms with E-state index in [1.54, 1.807) is 6.20 Å². The van der Waals surface area contributed by atoms with E-state index in [1.807, 2.05) is 65.8 Å². The zero-order valence-electron chi connectivity index (χ0n) is 23.9. The van der Waals surface area contributed by atoms with Gasteiger partial charge in [0.05, 0.1) is 6.04 Å². The van der Waals surface area contributed by atoms with Gasteiger partial charge < -0.3 is 31.8 Å². The highest BCUT2D eigenvalue weighted by Gasteiger charge is 2.33. The molecule has 1 heterocycles. The Balaban J connectivity index is 2.34. The second-order valence-electron chi connectivity index (χ2n) is 11.3. The van der Waals surface area contributed by atoms with Crippen molar-refractivity contribution >= 4 is 34.6 Å². The molecule has 0 aliphatic carbocycles. The highest BCUT2D eigenvalue weighted by Crippen LogP contribution is 2.20. The summed E-state index contributed by atoms with van der Waals surface area (Å²) in [6, 6.07) is 3.75. The Kier molecular flexibility index (Phi) is 12.0. The third-order valence-electron chi connectivity index (χ3n) is 6.91. The number of aliphatic carboxylic acids is 1. The fourth-order valence-electron chi connectivity index (χ4n) is 4.53. The van der Waals surface area contributed by atoms with Crippen molar-refractivity contribution in [2.24, 2.45) is 23.5 Å². The summed E-state index contributed by atoms with van der Waals surface area (Å²) in [6.07, 6.45) is 3.22. The summed E-state index contributed by atoms with van der Waals surface area (Å²) in [4.78, 5) is 54.8. The van der Waals surface area contributed by atoms with Crippen molar-refractivity contribution in [2.75, 3.05) is 0 Å². The highest BCUT2D eigenvalue weighted by molar-refractivity contribution is 5.95. The molecule has 216 valence electrons. The summed E-state index contributed by atoms with van der Waals surface area (Å²) in [7, 11) is 0. The molecule has 5 atom stereocenters. The molecule has 0 aliphatic rings. The quantitative estimate of drug-likeness (QED) is 0.202. The van der Waals surface area contributed by atoms with Gasteiger partial charge in [-0.25, -0.2) is 4.79 Å². The number of aromatic nitrogens is 1. The molecular weight excluding hydrogens is 498 g/mol. The first kappa shape index (κ1) is 31.8. The number of carbonyl (C=O) groups is 4. The number of nitrogens with two attached hydrogens (primary N) is 1. The molecule has 10 nitrogen and oxygen atoms in total. The smallest absolute Gasteiger partial charge is 0.326 e. The summed E-state index contributed by atoms with van der Waals surface area (Å²) < 4.78 is 0. The zero-order chi connectivity index (χ0) is 29.3. The Labute approximate surface area is 230 Å². The Hall–Kier alpha value is -3.40. The van der Waals surface area contributed by atoms with Crippen molar-refractivity contribution in [1.29, 1.82) is 0 Å². The number of hydrogen-bond donors (Lipinski definition) is 6. The van der Waals surface area contributed by atoms with E-state index in [0.29, 0.717) is 12.8 Å². The van der Waals surface area contributed by atoms with Crippen LogP contribution in [0.5, 0.6) is 0 Å². The van der Waals surface area contributed by atoms with Gasteiger partial charge in [0.2, 0.25) is 17.7 Å². The van der Waals surface area contributed by atoms with Crippen molar-refractivity contribution in [3.8, 4) is 0 Å². The van der Waals surface area contributed by atoms with Gasteiger partial charge >= 0.3 is 5.97 Å². The van der Waals surface area contributed by atoms with Gasteiger partial charge in [0, 0.05) is 23.5 Å². The lowest BCUT2D eigenvalue weighted by Gasteiger charge is -2.28. The zero-order valence-corrected chi connectivity index (χ0v) is 23.9. The maximum Gasteiger partial charge on any atom is 0.326 e. The minimum absolute atomic E-state index is 0.0353. The van der Waals surface area contributed by atoms with Crippen LogP contribution in [0.4, 0.5) is 0 Å². The number of amides is 3. The number of carboxylic acid groups (broad SMARTS) is 1. The molecule has 0 saturated heterocycles. The third kappa shape index (κ3) is 9.38. The predicted molar refractivity (Wildman–Crippen MR) is 152 cm³/mol. The Bertz CT molecular complexity index is 1130. The lowest BCUT2D eigenvalue weighted by atomic mass is 9.96. The lowest BCUT2D eigenvalue weighted by molar-refractivity contribution is -0.142. The lowest BCUT2D eigenvalue weighted by Crippen LogP contribution is -2.59. The Morgan fingerprint density at radius 1 is 0.872 bits per heavy atom. The fraction of sp³-hybridized carbons (Fsp3) is 0.586. The van der Waals surface area contributed by atoms with Gasteiger partial charge in [0.1, 0.15) is 18.1 Å². The van der Waals surface area contributed by atoms with Crippen LogP contribution in [0, 0.1) is 17.8 Å². The van der Waals surface area contributed by atoms with E-state index in [2.05, 4.69) is 20.9 Å². The minimum Gasteiger partial charge on any atom is -0.480 e. The third-order valence-corrected chi connectivity index (χ3v) is 6.91. The first-order chi connectivity index (χ1) is 18.3. The van der Waals surface area contributed by atoms with E-state index in [0.717, 1.165) is 16.5 Å². The van der Waals surface area contributed by atoms with Crippen LogP contribution >= 0.6 is 0 Å². The molecule has 39 heavy (non-hydrogen) atoms. The van der Waals surface area contributed by atoms with Crippen LogP contribution < -0.4 is 21.7 Å². The van der Waals surface area contributed by atoms with Crippen LogP contribution in [0.1, 0.15) is 66.4 Å². The van der Waals surface area contributed by atoms with Crippen molar-refractivity contribution in [3.63, 3.8) is 0 Å². The molecule has 1 aromatic carbocycles. The second-order valence-corrected chi connectivity index (χ2v) is 11.3. The summed E-state index contributed by atoms with van der Waals surface area (Å²) in [6.45, 7) is 11.4. The predicted octanol–water partition coefficient (Wildman–Crippen LogP) is 2.72. The minimum atomic E-state index is -1.14. The number of H-pyrrole nitrogens is 1. The number of carboxylic acids is 1.